The molecule has 1 heterocycles. The van der Waals surface area contributed by atoms with Crippen molar-refractivity contribution in [1.82, 2.24) is 5.32 Å². The van der Waals surface area contributed by atoms with Crippen molar-refractivity contribution >= 4 is 21.6 Å². The lowest BCUT2D eigenvalue weighted by atomic mass is 10.1. The highest BCUT2D eigenvalue weighted by Crippen LogP contribution is 2.30. The number of nitrogens with zero attached hydrogens (tertiary/aromatic N) is 1. The molecule has 1 aliphatic heterocycles. The van der Waals surface area contributed by atoms with E-state index >= 15 is 0 Å². The molecule has 0 saturated carbocycles. The number of anilines is 1. The summed E-state index contributed by atoms with van der Waals surface area (Å²) in [6.45, 7) is 6.30. The summed E-state index contributed by atoms with van der Waals surface area (Å²) in [4.78, 5) is 2.42. The third-order valence-electron chi connectivity index (χ3n) is 3.82. The Bertz CT molecular complexity index is 425. The summed E-state index contributed by atoms with van der Waals surface area (Å²) in [5, 5.41) is 3.44. The molecule has 3 nitrogen and oxygen atoms in total. The Balaban J connectivity index is 2.01. The van der Waals surface area contributed by atoms with Crippen molar-refractivity contribution in [3.63, 3.8) is 0 Å². The van der Waals surface area contributed by atoms with Gasteiger partial charge in [-0.2, -0.15) is 0 Å². The fourth-order valence-corrected chi connectivity index (χ4v) is 3.35. The minimum atomic E-state index is 0.363. The highest BCUT2D eigenvalue weighted by atomic mass is 79.9. The zero-order chi connectivity index (χ0) is 14.4. The summed E-state index contributed by atoms with van der Waals surface area (Å²) in [5.41, 5.74) is 2.61. The Kier molecular flexibility index (Phi) is 6.33. The van der Waals surface area contributed by atoms with Crippen LogP contribution in [0.1, 0.15) is 31.7 Å². The minimum absolute atomic E-state index is 0.363. The number of hydrogen-bond donors (Lipinski definition) is 1. The van der Waals surface area contributed by atoms with E-state index in [9.17, 15) is 0 Å². The number of ether oxygens (including phenoxy) is 1. The Morgan fingerprint density at radius 2 is 2.30 bits per heavy atom. The maximum atomic E-state index is 5.50. The molecule has 1 aromatic rings. The van der Waals surface area contributed by atoms with Gasteiger partial charge < -0.3 is 15.0 Å². The molecule has 1 saturated heterocycles. The second-order valence-corrected chi connectivity index (χ2v) is 6.26. The van der Waals surface area contributed by atoms with Crippen LogP contribution in [0.2, 0.25) is 0 Å². The lowest BCUT2D eigenvalue weighted by Crippen LogP contribution is -2.39. The number of benzene rings is 1. The Morgan fingerprint density at radius 3 is 3.00 bits per heavy atom. The topological polar surface area (TPSA) is 24.5 Å². The highest BCUT2D eigenvalue weighted by molar-refractivity contribution is 9.10. The van der Waals surface area contributed by atoms with E-state index in [-0.39, 0.29) is 0 Å². The van der Waals surface area contributed by atoms with Crippen LogP contribution in [0, 0.1) is 0 Å². The fourth-order valence-electron chi connectivity index (χ4n) is 2.68. The molecule has 112 valence electrons. The van der Waals surface area contributed by atoms with Crippen molar-refractivity contribution in [2.75, 3.05) is 31.6 Å². The van der Waals surface area contributed by atoms with Crippen molar-refractivity contribution in [2.45, 2.75) is 38.8 Å². The highest BCUT2D eigenvalue weighted by Gasteiger charge is 2.21. The molecule has 1 aromatic carbocycles. The van der Waals surface area contributed by atoms with Crippen LogP contribution in [0.5, 0.6) is 0 Å². The smallest absolute Gasteiger partial charge is 0.0746 e. The number of nitrogens with one attached hydrogen (secondary N) is 1. The molecule has 0 amide bonds. The SMILES string of the molecule is CCCNCc1ccc(N2CCCC(OC)C2)c(Br)c1. The number of piperidine rings is 1. The van der Waals surface area contributed by atoms with Gasteiger partial charge in [-0.15, -0.1) is 0 Å². The maximum absolute atomic E-state index is 5.50. The molecule has 0 aromatic heterocycles. The zero-order valence-corrected chi connectivity index (χ0v) is 14.1. The Morgan fingerprint density at radius 1 is 1.45 bits per heavy atom. The third-order valence-corrected chi connectivity index (χ3v) is 4.46. The van der Waals surface area contributed by atoms with Crippen molar-refractivity contribution in [2.24, 2.45) is 0 Å². The number of rotatable bonds is 6. The van der Waals surface area contributed by atoms with Crippen LogP contribution in [-0.4, -0.2) is 32.8 Å². The van der Waals surface area contributed by atoms with Crippen molar-refractivity contribution in [3.8, 4) is 0 Å². The first-order chi connectivity index (χ1) is 9.74. The van der Waals surface area contributed by atoms with Gasteiger partial charge in [0.2, 0.25) is 0 Å². The van der Waals surface area contributed by atoms with Crippen molar-refractivity contribution in [1.29, 1.82) is 0 Å². The van der Waals surface area contributed by atoms with Gasteiger partial charge in [0.25, 0.3) is 0 Å². The van der Waals surface area contributed by atoms with E-state index in [4.69, 9.17) is 4.74 Å². The van der Waals surface area contributed by atoms with Gasteiger partial charge in [-0.05, 0) is 59.4 Å². The van der Waals surface area contributed by atoms with E-state index in [1.807, 2.05) is 7.11 Å². The average Bonchev–Trinajstić information content (AvgIpc) is 2.48. The first kappa shape index (κ1) is 15.8. The fraction of sp³-hybridized carbons (Fsp3) is 0.625. The van der Waals surface area contributed by atoms with Crippen LogP contribution < -0.4 is 10.2 Å². The predicted molar refractivity (Wildman–Crippen MR) is 88.4 cm³/mol. The summed E-state index contributed by atoms with van der Waals surface area (Å²) in [6, 6.07) is 6.68. The largest absolute Gasteiger partial charge is 0.380 e. The molecule has 0 radical (unpaired) electrons. The van der Waals surface area contributed by atoms with E-state index in [1.165, 1.54) is 35.0 Å². The molecule has 1 N–H and O–H groups in total. The second-order valence-electron chi connectivity index (χ2n) is 5.41. The summed E-state index contributed by atoms with van der Waals surface area (Å²) in [5.74, 6) is 0. The molecule has 4 heteroatoms. The lowest BCUT2D eigenvalue weighted by molar-refractivity contribution is 0.0893. The van der Waals surface area contributed by atoms with Gasteiger partial charge in [0.05, 0.1) is 11.8 Å². The normalized spacial score (nSPS) is 19.4. The van der Waals surface area contributed by atoms with E-state index in [2.05, 4.69) is 51.3 Å². The molecular weight excluding hydrogens is 316 g/mol. The first-order valence-electron chi connectivity index (χ1n) is 7.51. The second kappa shape index (κ2) is 8.01. The summed E-state index contributed by atoms with van der Waals surface area (Å²) in [7, 11) is 1.81. The monoisotopic (exact) mass is 340 g/mol. The number of methoxy groups -OCH3 is 1. The van der Waals surface area contributed by atoms with E-state index < -0.39 is 0 Å². The zero-order valence-electron chi connectivity index (χ0n) is 12.5. The summed E-state index contributed by atoms with van der Waals surface area (Å²) < 4.78 is 6.69. The predicted octanol–water partition coefficient (Wildman–Crippen LogP) is 3.56. The van der Waals surface area contributed by atoms with Crippen LogP contribution in [-0.2, 0) is 11.3 Å². The van der Waals surface area contributed by atoms with Gasteiger partial charge >= 0.3 is 0 Å². The Hall–Kier alpha value is -0.580. The molecule has 0 aliphatic carbocycles. The molecule has 0 bridgehead atoms. The third kappa shape index (κ3) is 4.21. The van der Waals surface area contributed by atoms with Crippen molar-refractivity contribution < 1.29 is 4.74 Å². The van der Waals surface area contributed by atoms with Gasteiger partial charge in [0.15, 0.2) is 0 Å². The summed E-state index contributed by atoms with van der Waals surface area (Å²) >= 11 is 3.72. The standard InChI is InChI=1S/C16H25BrN2O/c1-3-8-18-11-13-6-7-16(15(17)10-13)19-9-4-5-14(12-19)20-2/h6-7,10,14,18H,3-5,8-9,11-12H2,1-2H3. The molecular formula is C16H25BrN2O. The van der Waals surface area contributed by atoms with Crippen LogP contribution in [0.25, 0.3) is 0 Å². The van der Waals surface area contributed by atoms with Crippen LogP contribution in [0.3, 0.4) is 0 Å². The molecule has 0 spiro atoms. The first-order valence-corrected chi connectivity index (χ1v) is 8.30. The van der Waals surface area contributed by atoms with E-state index in [0.717, 1.165) is 26.2 Å². The van der Waals surface area contributed by atoms with Gasteiger partial charge in [0, 0.05) is 31.2 Å². The van der Waals surface area contributed by atoms with Crippen molar-refractivity contribution in [3.05, 3.63) is 28.2 Å². The van der Waals surface area contributed by atoms with Gasteiger partial charge in [-0.3, -0.25) is 0 Å². The van der Waals surface area contributed by atoms with Gasteiger partial charge in [0.1, 0.15) is 0 Å². The van der Waals surface area contributed by atoms with Crippen LogP contribution in [0.4, 0.5) is 5.69 Å². The van der Waals surface area contributed by atoms with Crippen LogP contribution >= 0.6 is 15.9 Å². The Labute approximate surface area is 130 Å². The van der Waals surface area contributed by atoms with E-state index in [0.29, 0.717) is 6.10 Å². The average molecular weight is 341 g/mol. The lowest BCUT2D eigenvalue weighted by Gasteiger charge is -2.34. The molecule has 20 heavy (non-hydrogen) atoms. The number of halogens is 1. The molecule has 1 fully saturated rings. The van der Waals surface area contributed by atoms with Gasteiger partial charge in [-0.1, -0.05) is 13.0 Å². The molecule has 2 rings (SSSR count). The number of hydrogen-bond acceptors (Lipinski definition) is 3. The molecule has 1 unspecified atom stereocenters. The molecule has 1 atom stereocenters. The molecule has 1 aliphatic rings. The van der Waals surface area contributed by atoms with E-state index in [1.54, 1.807) is 0 Å². The quantitative estimate of drug-likeness (QED) is 0.801. The minimum Gasteiger partial charge on any atom is -0.380 e. The maximum Gasteiger partial charge on any atom is 0.0746 e. The van der Waals surface area contributed by atoms with Crippen LogP contribution in [0.15, 0.2) is 22.7 Å². The summed E-state index contributed by atoms with van der Waals surface area (Å²) in [6.07, 6.45) is 3.90. The van der Waals surface area contributed by atoms with Gasteiger partial charge in [-0.25, -0.2) is 0 Å².